The van der Waals surface area contributed by atoms with Gasteiger partial charge >= 0.3 is 5.97 Å². The molecule has 2 rings (SSSR count). The van der Waals surface area contributed by atoms with E-state index in [2.05, 4.69) is 10.3 Å². The predicted octanol–water partition coefficient (Wildman–Crippen LogP) is 0.786. The molecular weight excluding hydrogens is 260 g/mol. The topological polar surface area (TPSA) is 109 Å². The van der Waals surface area contributed by atoms with Gasteiger partial charge in [0, 0.05) is 19.3 Å². The number of hydrogen-bond donors (Lipinski definition) is 3. The van der Waals surface area contributed by atoms with E-state index < -0.39 is 5.97 Å². The maximum atomic E-state index is 12.0. The van der Waals surface area contributed by atoms with Gasteiger partial charge in [0.2, 0.25) is 5.91 Å². The number of nitrogen functional groups attached to an aromatic ring is 1. The van der Waals surface area contributed by atoms with Gasteiger partial charge in [0.15, 0.2) is 0 Å². The molecule has 2 heterocycles. The number of carboxylic acids is 1. The number of piperidine rings is 1. The minimum atomic E-state index is -1.08. The number of nitrogens with two attached hydrogens (primary N) is 1. The second-order valence-corrected chi connectivity index (χ2v) is 4.76. The van der Waals surface area contributed by atoms with Gasteiger partial charge in [-0.3, -0.25) is 4.79 Å². The number of carbonyl (C=O) groups excluding carboxylic acids is 1. The highest BCUT2D eigenvalue weighted by molar-refractivity contribution is 5.89. The van der Waals surface area contributed by atoms with Gasteiger partial charge in [-0.15, -0.1) is 0 Å². The lowest BCUT2D eigenvalue weighted by Crippen LogP contribution is -2.39. The molecule has 1 aliphatic heterocycles. The van der Waals surface area contributed by atoms with Crippen LogP contribution in [0.4, 0.5) is 11.5 Å². The summed E-state index contributed by atoms with van der Waals surface area (Å²) in [6, 6.07) is 1.32. The Kier molecular flexibility index (Phi) is 4.39. The summed E-state index contributed by atoms with van der Waals surface area (Å²) >= 11 is 0. The van der Waals surface area contributed by atoms with Crippen molar-refractivity contribution in [1.82, 2.24) is 9.88 Å². The quantitative estimate of drug-likeness (QED) is 0.751. The Balaban J connectivity index is 1.93. The highest BCUT2D eigenvalue weighted by atomic mass is 16.4. The molecule has 1 aliphatic rings. The number of carboxylic acid groups (broad SMARTS) is 1. The summed E-state index contributed by atoms with van der Waals surface area (Å²) in [6.45, 7) is 1.70. The van der Waals surface area contributed by atoms with Crippen LogP contribution in [-0.4, -0.2) is 46.5 Å². The minimum Gasteiger partial charge on any atom is -0.478 e. The first-order chi connectivity index (χ1) is 9.58. The van der Waals surface area contributed by atoms with Crippen molar-refractivity contribution in [2.24, 2.45) is 0 Å². The zero-order valence-electron chi connectivity index (χ0n) is 11.1. The molecule has 1 aromatic rings. The molecule has 0 aliphatic carbocycles. The van der Waals surface area contributed by atoms with E-state index in [1.165, 1.54) is 18.7 Å². The highest BCUT2D eigenvalue weighted by Gasteiger charge is 2.16. The number of nitrogens with zero attached hydrogens (tertiary/aromatic N) is 2. The number of aromatic nitrogens is 1. The molecule has 1 aromatic heterocycles. The molecule has 0 saturated carbocycles. The lowest BCUT2D eigenvalue weighted by Gasteiger charge is -2.26. The van der Waals surface area contributed by atoms with Crippen LogP contribution in [0, 0.1) is 0 Å². The molecule has 1 amide bonds. The van der Waals surface area contributed by atoms with Crippen LogP contribution < -0.4 is 11.1 Å². The summed E-state index contributed by atoms with van der Waals surface area (Å²) in [6.07, 6.45) is 4.47. The van der Waals surface area contributed by atoms with Crippen LogP contribution in [0.1, 0.15) is 29.6 Å². The minimum absolute atomic E-state index is 0.00760. The molecule has 1 saturated heterocycles. The first-order valence-electron chi connectivity index (χ1n) is 6.58. The van der Waals surface area contributed by atoms with Crippen molar-refractivity contribution in [3.05, 3.63) is 17.8 Å². The van der Waals surface area contributed by atoms with Gasteiger partial charge in [-0.1, -0.05) is 0 Å². The average molecular weight is 278 g/mol. The third kappa shape index (κ3) is 3.37. The Hall–Kier alpha value is -2.31. The van der Waals surface area contributed by atoms with E-state index >= 15 is 0 Å². The molecule has 0 aromatic carbocycles. The van der Waals surface area contributed by atoms with Crippen molar-refractivity contribution in [3.63, 3.8) is 0 Å². The largest absolute Gasteiger partial charge is 0.478 e. The lowest BCUT2D eigenvalue weighted by atomic mass is 10.1. The zero-order chi connectivity index (χ0) is 14.5. The van der Waals surface area contributed by atoms with Crippen molar-refractivity contribution in [3.8, 4) is 0 Å². The van der Waals surface area contributed by atoms with E-state index in [9.17, 15) is 9.59 Å². The Labute approximate surface area is 116 Å². The maximum Gasteiger partial charge on any atom is 0.337 e. The number of likely N-dealkylation sites (tertiary alicyclic amines) is 1. The van der Waals surface area contributed by atoms with Gasteiger partial charge in [0.1, 0.15) is 5.82 Å². The molecule has 4 N–H and O–H groups in total. The van der Waals surface area contributed by atoms with Crippen molar-refractivity contribution >= 4 is 23.4 Å². The maximum absolute atomic E-state index is 12.0. The van der Waals surface area contributed by atoms with E-state index in [1.807, 2.05) is 4.90 Å². The van der Waals surface area contributed by atoms with Gasteiger partial charge in [-0.25, -0.2) is 9.78 Å². The van der Waals surface area contributed by atoms with Crippen LogP contribution in [0.25, 0.3) is 0 Å². The molecule has 0 bridgehead atoms. The molecule has 0 radical (unpaired) electrons. The summed E-state index contributed by atoms with van der Waals surface area (Å²) < 4.78 is 0. The molecule has 108 valence electrons. The highest BCUT2D eigenvalue weighted by Crippen LogP contribution is 2.16. The lowest BCUT2D eigenvalue weighted by molar-refractivity contribution is -0.130. The van der Waals surface area contributed by atoms with Gasteiger partial charge in [-0.05, 0) is 25.3 Å². The van der Waals surface area contributed by atoms with Crippen LogP contribution in [0.5, 0.6) is 0 Å². The number of anilines is 2. The molecule has 0 spiro atoms. The van der Waals surface area contributed by atoms with Crippen molar-refractivity contribution in [2.75, 3.05) is 30.7 Å². The van der Waals surface area contributed by atoms with Crippen LogP contribution in [-0.2, 0) is 4.79 Å². The van der Waals surface area contributed by atoms with E-state index in [4.69, 9.17) is 10.8 Å². The van der Waals surface area contributed by atoms with Gasteiger partial charge in [0.05, 0.1) is 17.8 Å². The fourth-order valence-electron chi connectivity index (χ4n) is 2.16. The fourth-order valence-corrected chi connectivity index (χ4v) is 2.16. The fraction of sp³-hybridized carbons (Fsp3) is 0.462. The Morgan fingerprint density at radius 2 is 2.05 bits per heavy atom. The Morgan fingerprint density at radius 3 is 2.65 bits per heavy atom. The second-order valence-electron chi connectivity index (χ2n) is 4.76. The number of carbonyl (C=O) groups is 2. The normalized spacial score (nSPS) is 14.9. The second kappa shape index (κ2) is 6.23. The van der Waals surface area contributed by atoms with Crippen LogP contribution in [0.3, 0.4) is 0 Å². The number of aromatic carboxylic acids is 1. The Bertz CT molecular complexity index is 512. The predicted molar refractivity (Wildman–Crippen MR) is 74.5 cm³/mol. The molecular formula is C13H18N4O3. The molecule has 1 fully saturated rings. The van der Waals surface area contributed by atoms with Crippen LogP contribution in [0.2, 0.25) is 0 Å². The monoisotopic (exact) mass is 278 g/mol. The molecule has 0 unspecified atom stereocenters. The zero-order valence-corrected chi connectivity index (χ0v) is 11.1. The number of hydrogen-bond acceptors (Lipinski definition) is 5. The van der Waals surface area contributed by atoms with Crippen LogP contribution in [0.15, 0.2) is 12.3 Å². The van der Waals surface area contributed by atoms with Gasteiger partial charge in [0.25, 0.3) is 0 Å². The summed E-state index contributed by atoms with van der Waals surface area (Å²) in [5.41, 5.74) is 5.95. The molecule has 0 atom stereocenters. The third-order valence-corrected chi connectivity index (χ3v) is 3.28. The van der Waals surface area contributed by atoms with E-state index in [0.717, 1.165) is 25.9 Å². The Morgan fingerprint density at radius 1 is 1.35 bits per heavy atom. The smallest absolute Gasteiger partial charge is 0.337 e. The summed E-state index contributed by atoms with van der Waals surface area (Å²) in [5, 5.41) is 11.7. The number of nitrogens with one attached hydrogen (secondary N) is 1. The van der Waals surface area contributed by atoms with Gasteiger partial charge < -0.3 is 21.1 Å². The molecule has 7 heteroatoms. The van der Waals surface area contributed by atoms with Crippen molar-refractivity contribution in [1.29, 1.82) is 0 Å². The SMILES string of the molecule is Nc1cc(C(=O)O)cnc1NCC(=O)N1CCCCC1. The van der Waals surface area contributed by atoms with Gasteiger partial charge in [-0.2, -0.15) is 0 Å². The van der Waals surface area contributed by atoms with E-state index in [-0.39, 0.29) is 23.7 Å². The first kappa shape index (κ1) is 14.1. The summed E-state index contributed by atoms with van der Waals surface area (Å²) in [7, 11) is 0. The van der Waals surface area contributed by atoms with E-state index in [1.54, 1.807) is 0 Å². The standard InChI is InChI=1S/C13H18N4O3/c14-10-6-9(13(19)20)7-15-12(10)16-8-11(18)17-4-2-1-3-5-17/h6-7H,1-5,8,14H2,(H,15,16)(H,19,20). The van der Waals surface area contributed by atoms with Crippen molar-refractivity contribution < 1.29 is 14.7 Å². The molecule has 20 heavy (non-hydrogen) atoms. The summed E-state index contributed by atoms with van der Waals surface area (Å²) in [4.78, 5) is 28.5. The number of rotatable bonds is 4. The molecule has 7 nitrogen and oxygen atoms in total. The number of amides is 1. The first-order valence-corrected chi connectivity index (χ1v) is 6.58. The van der Waals surface area contributed by atoms with E-state index in [0.29, 0.717) is 5.82 Å². The third-order valence-electron chi connectivity index (χ3n) is 3.28. The number of pyridine rings is 1. The van der Waals surface area contributed by atoms with Crippen LogP contribution >= 0.6 is 0 Å². The average Bonchev–Trinajstić information content (AvgIpc) is 2.46. The van der Waals surface area contributed by atoms with Crippen molar-refractivity contribution in [2.45, 2.75) is 19.3 Å². The summed E-state index contributed by atoms with van der Waals surface area (Å²) in [5.74, 6) is -0.742.